The smallest absolute Gasteiger partial charge is 0.251 e. The predicted octanol–water partition coefficient (Wildman–Crippen LogP) is 2.91. The number of rotatable bonds is 4. The van der Waals surface area contributed by atoms with E-state index in [9.17, 15) is 9.18 Å². The molecular formula is C12H11ClFN3OS. The number of halogens is 2. The van der Waals surface area contributed by atoms with Gasteiger partial charge in [-0.25, -0.2) is 9.37 Å². The number of hydrogen-bond acceptors (Lipinski definition) is 4. The summed E-state index contributed by atoms with van der Waals surface area (Å²) in [6.45, 7) is 0.431. The summed E-state index contributed by atoms with van der Waals surface area (Å²) in [5, 5.41) is 5.37. The summed E-state index contributed by atoms with van der Waals surface area (Å²) in [4.78, 5) is 16.1. The summed E-state index contributed by atoms with van der Waals surface area (Å²) < 4.78 is 14.2. The summed E-state index contributed by atoms with van der Waals surface area (Å²) in [7, 11) is 1.50. The number of hydrogen-bond donors (Lipinski definition) is 2. The fraction of sp³-hybridized carbons (Fsp3) is 0.167. The molecule has 0 atom stereocenters. The van der Waals surface area contributed by atoms with Gasteiger partial charge in [0.2, 0.25) is 0 Å². The van der Waals surface area contributed by atoms with Crippen LogP contribution in [-0.4, -0.2) is 17.9 Å². The van der Waals surface area contributed by atoms with Crippen LogP contribution in [0.3, 0.4) is 0 Å². The lowest BCUT2D eigenvalue weighted by atomic mass is 10.2. The molecule has 2 N–H and O–H groups in total. The van der Waals surface area contributed by atoms with Gasteiger partial charge in [0, 0.05) is 23.7 Å². The molecule has 1 heterocycles. The number of nitrogens with zero attached hydrogens (tertiary/aromatic N) is 1. The van der Waals surface area contributed by atoms with Gasteiger partial charge in [-0.3, -0.25) is 4.79 Å². The number of thiazole rings is 1. The van der Waals surface area contributed by atoms with E-state index in [0.717, 1.165) is 4.88 Å². The van der Waals surface area contributed by atoms with Gasteiger partial charge >= 0.3 is 0 Å². The maximum Gasteiger partial charge on any atom is 0.251 e. The zero-order valence-corrected chi connectivity index (χ0v) is 11.6. The molecule has 0 radical (unpaired) electrons. The highest BCUT2D eigenvalue weighted by Gasteiger charge is 2.08. The second kappa shape index (κ2) is 5.99. The lowest BCUT2D eigenvalue weighted by Gasteiger charge is -2.07. The number of carbonyl (C=O) groups excluding carboxylic acids is 1. The first-order valence-corrected chi connectivity index (χ1v) is 6.65. The van der Waals surface area contributed by atoms with Crippen molar-refractivity contribution in [1.82, 2.24) is 10.3 Å². The molecule has 0 aliphatic heterocycles. The van der Waals surface area contributed by atoms with Crippen LogP contribution in [0.1, 0.15) is 15.2 Å². The Morgan fingerprint density at radius 2 is 2.32 bits per heavy atom. The van der Waals surface area contributed by atoms with Gasteiger partial charge in [0.1, 0.15) is 5.82 Å². The monoisotopic (exact) mass is 299 g/mol. The Morgan fingerprint density at radius 3 is 2.89 bits per heavy atom. The molecule has 0 saturated carbocycles. The van der Waals surface area contributed by atoms with E-state index in [1.165, 1.54) is 30.5 Å². The van der Waals surface area contributed by atoms with Gasteiger partial charge in [-0.05, 0) is 18.2 Å². The average molecular weight is 300 g/mol. The van der Waals surface area contributed by atoms with Crippen LogP contribution in [0.5, 0.6) is 0 Å². The average Bonchev–Trinajstić information content (AvgIpc) is 2.82. The molecule has 0 aliphatic rings. The Labute approximate surface area is 118 Å². The van der Waals surface area contributed by atoms with E-state index in [2.05, 4.69) is 15.6 Å². The van der Waals surface area contributed by atoms with Crippen molar-refractivity contribution in [1.29, 1.82) is 0 Å². The van der Waals surface area contributed by atoms with Gasteiger partial charge in [-0.15, -0.1) is 11.3 Å². The molecule has 2 aromatic rings. The second-order valence-corrected chi connectivity index (χ2v) is 5.40. The van der Waals surface area contributed by atoms with Gasteiger partial charge in [-0.2, -0.15) is 0 Å². The highest BCUT2D eigenvalue weighted by molar-refractivity contribution is 7.15. The van der Waals surface area contributed by atoms with E-state index >= 15 is 0 Å². The van der Waals surface area contributed by atoms with Crippen molar-refractivity contribution < 1.29 is 9.18 Å². The van der Waals surface area contributed by atoms with E-state index in [4.69, 9.17) is 11.6 Å². The third-order valence-corrected chi connectivity index (χ3v) is 3.55. The van der Waals surface area contributed by atoms with E-state index < -0.39 is 5.82 Å². The predicted molar refractivity (Wildman–Crippen MR) is 74.2 cm³/mol. The standard InChI is InChI=1S/C12H11ClFN3OS/c1-15-11(18)7-2-3-10(9(14)4-7)16-5-8-6-17-12(13)19-8/h2-4,6,16H,5H2,1H3,(H,15,18). The minimum atomic E-state index is -0.475. The molecule has 0 aliphatic carbocycles. The molecule has 0 bridgehead atoms. The first-order valence-electron chi connectivity index (χ1n) is 5.46. The highest BCUT2D eigenvalue weighted by Crippen LogP contribution is 2.21. The third-order valence-electron chi connectivity index (χ3n) is 2.44. The van der Waals surface area contributed by atoms with Crippen molar-refractivity contribution >= 4 is 34.5 Å². The molecule has 0 saturated heterocycles. The highest BCUT2D eigenvalue weighted by atomic mass is 35.5. The summed E-state index contributed by atoms with van der Waals surface area (Å²) in [6.07, 6.45) is 1.64. The van der Waals surface area contributed by atoms with Crippen LogP contribution in [0, 0.1) is 5.82 Å². The Kier molecular flexibility index (Phi) is 4.34. The lowest BCUT2D eigenvalue weighted by molar-refractivity contribution is 0.0962. The summed E-state index contributed by atoms with van der Waals surface area (Å²) >= 11 is 7.04. The lowest BCUT2D eigenvalue weighted by Crippen LogP contribution is -2.18. The van der Waals surface area contributed by atoms with Crippen LogP contribution >= 0.6 is 22.9 Å². The largest absolute Gasteiger partial charge is 0.378 e. The van der Waals surface area contributed by atoms with Crippen molar-refractivity contribution in [3.05, 3.63) is 45.1 Å². The van der Waals surface area contributed by atoms with Crippen molar-refractivity contribution in [2.24, 2.45) is 0 Å². The molecule has 7 heteroatoms. The molecule has 2 rings (SSSR count). The Morgan fingerprint density at radius 1 is 1.53 bits per heavy atom. The maximum atomic E-state index is 13.8. The molecule has 4 nitrogen and oxygen atoms in total. The van der Waals surface area contributed by atoms with Crippen molar-refractivity contribution in [3.8, 4) is 0 Å². The van der Waals surface area contributed by atoms with Gasteiger partial charge in [-0.1, -0.05) is 11.6 Å². The van der Waals surface area contributed by atoms with E-state index in [0.29, 0.717) is 16.7 Å². The maximum absolute atomic E-state index is 13.8. The van der Waals surface area contributed by atoms with Gasteiger partial charge < -0.3 is 10.6 Å². The normalized spacial score (nSPS) is 10.3. The molecule has 1 aromatic heterocycles. The first kappa shape index (κ1) is 13.8. The van der Waals surface area contributed by atoms with Crippen molar-refractivity contribution in [2.45, 2.75) is 6.54 Å². The molecular weight excluding hydrogens is 289 g/mol. The van der Waals surface area contributed by atoms with Crippen LogP contribution in [0.15, 0.2) is 24.4 Å². The quantitative estimate of drug-likeness (QED) is 0.913. The first-order chi connectivity index (χ1) is 9.10. The third kappa shape index (κ3) is 3.42. The van der Waals surface area contributed by atoms with Crippen LogP contribution in [0.2, 0.25) is 4.47 Å². The van der Waals surface area contributed by atoms with E-state index in [-0.39, 0.29) is 11.5 Å². The van der Waals surface area contributed by atoms with Crippen LogP contribution in [-0.2, 0) is 6.54 Å². The second-order valence-electron chi connectivity index (χ2n) is 3.71. The van der Waals surface area contributed by atoms with Crippen LogP contribution < -0.4 is 10.6 Å². The summed E-state index contributed by atoms with van der Waals surface area (Å²) in [6, 6.07) is 4.28. The molecule has 1 amide bonds. The zero-order chi connectivity index (χ0) is 13.8. The molecule has 0 spiro atoms. The zero-order valence-electron chi connectivity index (χ0n) is 10.0. The van der Waals surface area contributed by atoms with Crippen molar-refractivity contribution in [2.75, 3.05) is 12.4 Å². The van der Waals surface area contributed by atoms with Crippen LogP contribution in [0.25, 0.3) is 0 Å². The summed E-state index contributed by atoms with van der Waals surface area (Å²) in [5.41, 5.74) is 0.614. The van der Waals surface area contributed by atoms with Gasteiger partial charge in [0.25, 0.3) is 5.91 Å². The minimum Gasteiger partial charge on any atom is -0.378 e. The Bertz CT molecular complexity index is 602. The Hall–Kier alpha value is -1.66. The van der Waals surface area contributed by atoms with Crippen molar-refractivity contribution in [3.63, 3.8) is 0 Å². The van der Waals surface area contributed by atoms with E-state index in [1.807, 2.05) is 0 Å². The number of nitrogens with one attached hydrogen (secondary N) is 2. The van der Waals surface area contributed by atoms with Gasteiger partial charge in [0.15, 0.2) is 4.47 Å². The van der Waals surface area contributed by atoms with Gasteiger partial charge in [0.05, 0.1) is 12.2 Å². The molecule has 0 fully saturated rings. The number of carbonyl (C=O) groups is 1. The van der Waals surface area contributed by atoms with E-state index in [1.54, 1.807) is 12.3 Å². The number of anilines is 1. The summed E-state index contributed by atoms with van der Waals surface area (Å²) in [5.74, 6) is -0.795. The number of aromatic nitrogens is 1. The van der Waals surface area contributed by atoms with Crippen LogP contribution in [0.4, 0.5) is 10.1 Å². The minimum absolute atomic E-state index is 0.284. The molecule has 0 unspecified atom stereocenters. The topological polar surface area (TPSA) is 54.0 Å². The molecule has 1 aromatic carbocycles. The molecule has 19 heavy (non-hydrogen) atoms. The Balaban J connectivity index is 2.07. The SMILES string of the molecule is CNC(=O)c1ccc(NCc2cnc(Cl)s2)c(F)c1. The fourth-order valence-corrected chi connectivity index (χ4v) is 2.41. The number of amides is 1. The molecule has 100 valence electrons. The fourth-order valence-electron chi connectivity index (χ4n) is 1.49. The number of benzene rings is 1.